The average Bonchev–Trinajstić information content (AvgIpc) is 3.44. The lowest BCUT2D eigenvalue weighted by Crippen LogP contribution is -2.34. The van der Waals surface area contributed by atoms with Crippen molar-refractivity contribution in [1.29, 1.82) is 0 Å². The van der Waals surface area contributed by atoms with Crippen molar-refractivity contribution < 1.29 is 19.5 Å². The number of para-hydroxylation sites is 1. The summed E-state index contributed by atoms with van der Waals surface area (Å²) in [6, 6.07) is 14.4. The first-order chi connectivity index (χ1) is 15.1. The summed E-state index contributed by atoms with van der Waals surface area (Å²) in [5.41, 5.74) is 1.86. The molecule has 1 N–H and O–H groups in total. The van der Waals surface area contributed by atoms with Gasteiger partial charge in [0.1, 0.15) is 5.75 Å². The Kier molecular flexibility index (Phi) is 4.74. The minimum atomic E-state index is -0.836. The zero-order valence-corrected chi connectivity index (χ0v) is 17.4. The van der Waals surface area contributed by atoms with Crippen LogP contribution in [0.15, 0.2) is 59.0 Å². The summed E-state index contributed by atoms with van der Waals surface area (Å²) in [5.74, 6) is 0.219. The van der Waals surface area contributed by atoms with Crippen molar-refractivity contribution in [2.45, 2.75) is 25.6 Å². The number of ether oxygens (including phenoxy) is 2. The van der Waals surface area contributed by atoms with Crippen molar-refractivity contribution in [1.82, 2.24) is 5.01 Å². The molecule has 3 heterocycles. The van der Waals surface area contributed by atoms with E-state index >= 15 is 0 Å². The van der Waals surface area contributed by atoms with E-state index in [0.29, 0.717) is 12.2 Å². The second-order valence-corrected chi connectivity index (χ2v) is 8.12. The van der Waals surface area contributed by atoms with E-state index in [1.807, 2.05) is 41.8 Å². The SMILES string of the molecule is CCOc1c(O)ccc([C@@H]2Oc3ccccc3[C@@H]3CC(c4cccs4)=NN32)c1[N+](=O)[O-]. The van der Waals surface area contributed by atoms with Crippen molar-refractivity contribution in [3.8, 4) is 17.2 Å². The predicted octanol–water partition coefficient (Wildman–Crippen LogP) is 5.00. The van der Waals surface area contributed by atoms with Crippen LogP contribution in [0.1, 0.15) is 41.6 Å². The number of phenols is 1. The van der Waals surface area contributed by atoms with Gasteiger partial charge in [0.2, 0.25) is 12.0 Å². The van der Waals surface area contributed by atoms with Crippen molar-refractivity contribution in [2.75, 3.05) is 6.61 Å². The molecule has 0 saturated carbocycles. The number of hydrazone groups is 1. The highest BCUT2D eigenvalue weighted by Crippen LogP contribution is 2.51. The van der Waals surface area contributed by atoms with Gasteiger partial charge >= 0.3 is 5.69 Å². The number of nitrogens with zero attached hydrogens (tertiary/aromatic N) is 3. The molecule has 2 aliphatic rings. The molecule has 2 atom stereocenters. The Morgan fingerprint density at radius 3 is 2.84 bits per heavy atom. The second-order valence-electron chi connectivity index (χ2n) is 7.17. The van der Waals surface area contributed by atoms with Gasteiger partial charge in [-0.1, -0.05) is 24.3 Å². The number of hydrogen-bond donors (Lipinski definition) is 1. The molecule has 3 aromatic rings. The monoisotopic (exact) mass is 437 g/mol. The van der Waals surface area contributed by atoms with Crippen LogP contribution in [-0.4, -0.2) is 27.4 Å². The van der Waals surface area contributed by atoms with Crippen LogP contribution in [0.3, 0.4) is 0 Å². The molecule has 0 fully saturated rings. The van der Waals surface area contributed by atoms with Gasteiger partial charge in [-0.3, -0.25) is 10.1 Å². The summed E-state index contributed by atoms with van der Waals surface area (Å²) in [5, 5.41) is 30.8. The first-order valence-electron chi connectivity index (χ1n) is 9.86. The molecule has 0 aliphatic carbocycles. The lowest BCUT2D eigenvalue weighted by atomic mass is 9.97. The molecule has 0 spiro atoms. The molecule has 31 heavy (non-hydrogen) atoms. The maximum Gasteiger partial charge on any atom is 0.323 e. The van der Waals surface area contributed by atoms with Gasteiger partial charge in [-0.05, 0) is 36.6 Å². The van der Waals surface area contributed by atoms with E-state index < -0.39 is 11.2 Å². The molecule has 0 amide bonds. The van der Waals surface area contributed by atoms with Gasteiger partial charge in [0, 0.05) is 12.0 Å². The number of nitro benzene ring substituents is 1. The Labute approximate surface area is 182 Å². The van der Waals surface area contributed by atoms with Gasteiger partial charge < -0.3 is 14.6 Å². The normalized spacial score (nSPS) is 19.3. The smallest absolute Gasteiger partial charge is 0.323 e. The summed E-state index contributed by atoms with van der Waals surface area (Å²) in [6.07, 6.45) is -0.167. The predicted molar refractivity (Wildman–Crippen MR) is 116 cm³/mol. The first kappa shape index (κ1) is 19.4. The molecule has 158 valence electrons. The molecular formula is C22H19N3O5S. The highest BCUT2D eigenvalue weighted by atomic mass is 32.1. The molecule has 8 nitrogen and oxygen atoms in total. The Balaban J connectivity index is 1.67. The maximum absolute atomic E-state index is 12.0. The number of nitro groups is 1. The van der Waals surface area contributed by atoms with E-state index in [2.05, 4.69) is 0 Å². The minimum Gasteiger partial charge on any atom is -0.504 e. The molecular weight excluding hydrogens is 418 g/mol. The first-order valence-corrected chi connectivity index (χ1v) is 10.7. The summed E-state index contributed by atoms with van der Waals surface area (Å²) in [6.45, 7) is 1.89. The lowest BCUT2D eigenvalue weighted by molar-refractivity contribution is -0.387. The van der Waals surface area contributed by atoms with Crippen LogP contribution in [0.2, 0.25) is 0 Å². The average molecular weight is 437 g/mol. The number of thiophene rings is 1. The molecule has 0 saturated heterocycles. The highest BCUT2D eigenvalue weighted by Gasteiger charge is 2.44. The van der Waals surface area contributed by atoms with E-state index in [9.17, 15) is 15.2 Å². The quantitative estimate of drug-likeness (QED) is 0.445. The molecule has 0 unspecified atom stereocenters. The van der Waals surface area contributed by atoms with Gasteiger partial charge in [0.05, 0.1) is 33.7 Å². The highest BCUT2D eigenvalue weighted by molar-refractivity contribution is 7.12. The Bertz CT molecular complexity index is 1180. The molecule has 9 heteroatoms. The van der Waals surface area contributed by atoms with E-state index in [4.69, 9.17) is 14.6 Å². The van der Waals surface area contributed by atoms with E-state index in [0.717, 1.165) is 16.2 Å². The minimum absolute atomic E-state index is 0.115. The van der Waals surface area contributed by atoms with E-state index in [1.54, 1.807) is 23.3 Å². The molecule has 2 aromatic carbocycles. The van der Waals surface area contributed by atoms with Gasteiger partial charge in [-0.25, -0.2) is 5.01 Å². The largest absolute Gasteiger partial charge is 0.504 e. The summed E-state index contributed by atoms with van der Waals surface area (Å²) in [4.78, 5) is 12.5. The number of benzene rings is 2. The van der Waals surface area contributed by atoms with Gasteiger partial charge in [0.15, 0.2) is 5.75 Å². The van der Waals surface area contributed by atoms with Crippen LogP contribution in [0.25, 0.3) is 0 Å². The van der Waals surface area contributed by atoms with Gasteiger partial charge in [0.25, 0.3) is 0 Å². The molecule has 5 rings (SSSR count). The van der Waals surface area contributed by atoms with Crippen LogP contribution in [0, 0.1) is 10.1 Å². The molecule has 0 radical (unpaired) electrons. The zero-order chi connectivity index (χ0) is 21.5. The summed E-state index contributed by atoms with van der Waals surface area (Å²) < 4.78 is 11.7. The van der Waals surface area contributed by atoms with Crippen molar-refractivity contribution in [2.24, 2.45) is 5.10 Å². The van der Waals surface area contributed by atoms with Crippen LogP contribution >= 0.6 is 11.3 Å². The van der Waals surface area contributed by atoms with Crippen molar-refractivity contribution in [3.63, 3.8) is 0 Å². The Morgan fingerprint density at radius 2 is 2.10 bits per heavy atom. The third-order valence-electron chi connectivity index (χ3n) is 5.38. The van der Waals surface area contributed by atoms with Crippen LogP contribution < -0.4 is 9.47 Å². The standard InChI is InChI=1S/C22H19N3O5S/c1-2-29-21-17(26)10-9-14(20(21)25(27)28)22-24-16(13-6-3-4-7-18(13)30-22)12-15(23-24)19-8-5-11-31-19/h3-11,16,22,26H,2,12H2,1H3/t16-,22-/m0/s1. The van der Waals surface area contributed by atoms with E-state index in [-0.39, 0.29) is 35.4 Å². The molecule has 2 aliphatic heterocycles. The third-order valence-corrected chi connectivity index (χ3v) is 6.30. The number of fused-ring (bicyclic) bond motifs is 3. The summed E-state index contributed by atoms with van der Waals surface area (Å²) >= 11 is 1.60. The molecule has 0 bridgehead atoms. The van der Waals surface area contributed by atoms with Gasteiger partial charge in [-0.2, -0.15) is 5.10 Å². The van der Waals surface area contributed by atoms with Crippen molar-refractivity contribution >= 4 is 22.7 Å². The lowest BCUT2D eigenvalue weighted by Gasteiger charge is -2.38. The number of phenolic OH excluding ortho intramolecular Hbond substituents is 1. The van der Waals surface area contributed by atoms with E-state index in [1.165, 1.54) is 12.1 Å². The second kappa shape index (κ2) is 7.59. The van der Waals surface area contributed by atoms with Crippen LogP contribution in [0.4, 0.5) is 5.69 Å². The maximum atomic E-state index is 12.0. The van der Waals surface area contributed by atoms with Gasteiger partial charge in [-0.15, -0.1) is 11.3 Å². The van der Waals surface area contributed by atoms with Crippen LogP contribution in [-0.2, 0) is 0 Å². The number of aromatic hydroxyl groups is 1. The molecule has 1 aromatic heterocycles. The number of rotatable bonds is 5. The topological polar surface area (TPSA) is 97.4 Å². The Morgan fingerprint density at radius 1 is 1.26 bits per heavy atom. The zero-order valence-electron chi connectivity index (χ0n) is 16.6. The van der Waals surface area contributed by atoms with Crippen LogP contribution in [0.5, 0.6) is 17.2 Å². The third kappa shape index (κ3) is 3.17. The fraction of sp³-hybridized carbons (Fsp3) is 0.227. The number of hydrogen-bond acceptors (Lipinski definition) is 8. The Hall–Kier alpha value is -3.59. The van der Waals surface area contributed by atoms with Crippen molar-refractivity contribution in [3.05, 3.63) is 80.0 Å². The fourth-order valence-corrected chi connectivity index (χ4v) is 4.80. The summed E-state index contributed by atoms with van der Waals surface area (Å²) in [7, 11) is 0. The fourth-order valence-electron chi connectivity index (χ4n) is 4.08.